The second-order valence-electron chi connectivity index (χ2n) is 5.07. The topological polar surface area (TPSA) is 142 Å². The SMILES string of the molecule is N#COC1(C=Cc2ccccc2)C=CC=CC1(S(=O)(=O)O)S(=O)(=O)O.S. The molecule has 140 valence electrons. The quantitative estimate of drug-likeness (QED) is 0.544. The summed E-state index contributed by atoms with van der Waals surface area (Å²) in [4.78, 5) is 0. The molecule has 1 unspecified atom stereocenters. The van der Waals surface area contributed by atoms with Crippen LogP contribution in [0.4, 0.5) is 0 Å². The summed E-state index contributed by atoms with van der Waals surface area (Å²) >= 11 is 0. The number of nitriles is 1. The lowest BCUT2D eigenvalue weighted by Gasteiger charge is -2.39. The van der Waals surface area contributed by atoms with Gasteiger partial charge in [-0.05, 0) is 23.8 Å². The van der Waals surface area contributed by atoms with E-state index in [1.807, 2.05) is 0 Å². The molecule has 11 heteroatoms. The lowest BCUT2D eigenvalue weighted by Crippen LogP contribution is -2.62. The fourth-order valence-electron chi connectivity index (χ4n) is 2.51. The lowest BCUT2D eigenvalue weighted by atomic mass is 9.92. The Morgan fingerprint density at radius 3 is 2.04 bits per heavy atom. The van der Waals surface area contributed by atoms with Crippen LogP contribution in [0.1, 0.15) is 5.56 Å². The Labute approximate surface area is 158 Å². The van der Waals surface area contributed by atoms with Gasteiger partial charge < -0.3 is 4.74 Å². The number of ether oxygens (including phenoxy) is 1. The Morgan fingerprint density at radius 2 is 1.54 bits per heavy atom. The van der Waals surface area contributed by atoms with E-state index in [0.717, 1.165) is 18.2 Å². The van der Waals surface area contributed by atoms with Gasteiger partial charge >= 0.3 is 0 Å². The van der Waals surface area contributed by atoms with E-state index < -0.39 is 29.9 Å². The molecule has 0 heterocycles. The van der Waals surface area contributed by atoms with Crippen molar-refractivity contribution in [2.75, 3.05) is 0 Å². The molecule has 2 rings (SSSR count). The number of nitrogens with zero attached hydrogens (tertiary/aromatic N) is 1. The second kappa shape index (κ2) is 7.65. The van der Waals surface area contributed by atoms with E-state index in [0.29, 0.717) is 11.6 Å². The molecule has 0 aliphatic heterocycles. The van der Waals surface area contributed by atoms with Gasteiger partial charge in [0.2, 0.25) is 5.60 Å². The predicted octanol–water partition coefficient (Wildman–Crippen LogP) is 1.65. The number of hydrogen-bond acceptors (Lipinski definition) is 6. The van der Waals surface area contributed by atoms with Crippen molar-refractivity contribution >= 4 is 39.8 Å². The first-order valence-electron chi connectivity index (χ1n) is 6.72. The van der Waals surface area contributed by atoms with Crippen LogP contribution in [0.2, 0.25) is 0 Å². The molecule has 26 heavy (non-hydrogen) atoms. The van der Waals surface area contributed by atoms with Gasteiger partial charge in [-0.15, -0.1) is 0 Å². The van der Waals surface area contributed by atoms with E-state index >= 15 is 0 Å². The van der Waals surface area contributed by atoms with Gasteiger partial charge in [0, 0.05) is 0 Å². The Kier molecular flexibility index (Phi) is 6.45. The van der Waals surface area contributed by atoms with Crippen LogP contribution in [0.15, 0.2) is 60.7 Å². The molecular weight excluding hydrogens is 402 g/mol. The first-order chi connectivity index (χ1) is 11.6. The van der Waals surface area contributed by atoms with Crippen molar-refractivity contribution in [1.29, 1.82) is 5.26 Å². The third kappa shape index (κ3) is 3.55. The van der Waals surface area contributed by atoms with Crippen molar-refractivity contribution in [2.24, 2.45) is 0 Å². The monoisotopic (exact) mass is 417 g/mol. The van der Waals surface area contributed by atoms with Crippen molar-refractivity contribution in [3.05, 3.63) is 66.3 Å². The largest absolute Gasteiger partial charge is 0.409 e. The number of rotatable bonds is 5. The van der Waals surface area contributed by atoms with Gasteiger partial charge in [-0.2, -0.15) is 35.6 Å². The van der Waals surface area contributed by atoms with Gasteiger partial charge in [0.05, 0.1) is 0 Å². The maximum absolute atomic E-state index is 12.0. The Bertz CT molecular complexity index is 957. The molecule has 1 aliphatic carbocycles. The molecule has 0 aromatic heterocycles. The first kappa shape index (κ1) is 21.9. The molecule has 0 amide bonds. The highest BCUT2D eigenvalue weighted by Gasteiger charge is 2.68. The highest BCUT2D eigenvalue weighted by atomic mass is 32.3. The molecule has 0 saturated carbocycles. The van der Waals surface area contributed by atoms with Crippen LogP contribution in [-0.4, -0.2) is 35.6 Å². The van der Waals surface area contributed by atoms with Crippen molar-refractivity contribution in [3.8, 4) is 6.26 Å². The molecule has 1 aliphatic rings. The maximum Gasteiger partial charge on any atom is 0.296 e. The van der Waals surface area contributed by atoms with Crippen LogP contribution in [0, 0.1) is 11.5 Å². The van der Waals surface area contributed by atoms with E-state index in [1.165, 1.54) is 18.4 Å². The van der Waals surface area contributed by atoms with Crippen molar-refractivity contribution in [3.63, 3.8) is 0 Å². The predicted molar refractivity (Wildman–Crippen MR) is 99.4 cm³/mol. The average Bonchev–Trinajstić information content (AvgIpc) is 2.52. The zero-order chi connectivity index (χ0) is 18.8. The maximum atomic E-state index is 12.0. The van der Waals surface area contributed by atoms with Crippen LogP contribution >= 0.6 is 13.5 Å². The van der Waals surface area contributed by atoms with E-state index in [1.54, 1.807) is 30.3 Å². The van der Waals surface area contributed by atoms with E-state index in [-0.39, 0.29) is 13.5 Å². The minimum Gasteiger partial charge on any atom is -0.409 e. The Hall–Kier alpha value is -2.10. The van der Waals surface area contributed by atoms with Crippen molar-refractivity contribution in [2.45, 2.75) is 9.68 Å². The van der Waals surface area contributed by atoms with Gasteiger partial charge in [0.15, 0.2) is 0 Å². The molecule has 1 aromatic rings. The van der Waals surface area contributed by atoms with Crippen LogP contribution in [0.5, 0.6) is 0 Å². The molecule has 8 nitrogen and oxygen atoms in total. The van der Waals surface area contributed by atoms with Gasteiger partial charge in [0.1, 0.15) is 0 Å². The fraction of sp³-hybridized carbons (Fsp3) is 0.133. The van der Waals surface area contributed by atoms with E-state index in [2.05, 4.69) is 0 Å². The molecule has 1 aromatic carbocycles. The van der Waals surface area contributed by atoms with Gasteiger partial charge in [-0.3, -0.25) is 9.11 Å². The second-order valence-corrected chi connectivity index (χ2v) is 8.51. The minimum atomic E-state index is -5.48. The molecule has 0 spiro atoms. The van der Waals surface area contributed by atoms with Crippen LogP contribution in [-0.2, 0) is 25.0 Å². The zero-order valence-corrected chi connectivity index (χ0v) is 15.7. The number of benzene rings is 1. The third-order valence-electron chi connectivity index (χ3n) is 3.62. The van der Waals surface area contributed by atoms with Crippen LogP contribution in [0.3, 0.4) is 0 Å². The Morgan fingerprint density at radius 1 is 1.00 bits per heavy atom. The van der Waals surface area contributed by atoms with Crippen LogP contribution in [0.25, 0.3) is 6.08 Å². The zero-order valence-electron chi connectivity index (χ0n) is 13.1. The summed E-state index contributed by atoms with van der Waals surface area (Å²) in [6.07, 6.45) is 7.20. The molecule has 2 N–H and O–H groups in total. The van der Waals surface area contributed by atoms with Gasteiger partial charge in [-0.25, -0.2) is 0 Å². The summed E-state index contributed by atoms with van der Waals surface area (Å²) in [6.45, 7) is 0. The summed E-state index contributed by atoms with van der Waals surface area (Å²) in [5, 5.41) is 8.93. The molecule has 0 saturated heterocycles. The standard InChI is InChI=1S/C15H13NO7S2.H2S/c16-12-23-14(11-8-13-6-2-1-3-7-13)9-4-5-10-15(14,24(17,18)19)25(20,21)22;/h1-11H,(H,17,18,19)(H,20,21,22);1H2. The highest BCUT2D eigenvalue weighted by molar-refractivity contribution is 8.05. The number of hydrogen-bond donors (Lipinski definition) is 2. The lowest BCUT2D eigenvalue weighted by molar-refractivity contribution is 0.118. The van der Waals surface area contributed by atoms with Gasteiger partial charge in [0.25, 0.3) is 30.6 Å². The highest BCUT2D eigenvalue weighted by Crippen LogP contribution is 2.43. The molecular formula is C15H15NO7S3. The normalized spacial score (nSPS) is 21.7. The first-order valence-corrected chi connectivity index (χ1v) is 9.60. The van der Waals surface area contributed by atoms with Crippen LogP contribution < -0.4 is 0 Å². The van der Waals surface area contributed by atoms with Crippen molar-refractivity contribution in [1.82, 2.24) is 0 Å². The molecule has 0 radical (unpaired) electrons. The summed E-state index contributed by atoms with van der Waals surface area (Å²) in [5.41, 5.74) is -1.99. The van der Waals surface area contributed by atoms with E-state index in [4.69, 9.17) is 10.00 Å². The minimum absolute atomic E-state index is 0. The smallest absolute Gasteiger partial charge is 0.296 e. The average molecular weight is 417 g/mol. The van der Waals surface area contributed by atoms with E-state index in [9.17, 15) is 25.9 Å². The molecule has 0 fully saturated rings. The molecule has 0 bridgehead atoms. The summed E-state index contributed by atoms with van der Waals surface area (Å²) in [7, 11) is -11.0. The molecule has 1 atom stereocenters. The Balaban J connectivity index is 0.00000338. The van der Waals surface area contributed by atoms with Gasteiger partial charge in [-0.1, -0.05) is 48.6 Å². The number of allylic oxidation sites excluding steroid dienone is 2. The summed E-state index contributed by atoms with van der Waals surface area (Å²) in [6, 6.07) is 8.33. The summed E-state index contributed by atoms with van der Waals surface area (Å²) < 4.78 is 68.5. The van der Waals surface area contributed by atoms with Crippen molar-refractivity contribution < 1.29 is 30.7 Å². The summed E-state index contributed by atoms with van der Waals surface area (Å²) in [5.74, 6) is 0. The third-order valence-corrected chi connectivity index (χ3v) is 7.33. The fourth-order valence-corrected chi connectivity index (χ4v) is 5.23.